The molecule has 1 aromatic heterocycles. The molecule has 30 heavy (non-hydrogen) atoms. The van der Waals surface area contributed by atoms with E-state index in [4.69, 9.17) is 0 Å². The van der Waals surface area contributed by atoms with Gasteiger partial charge >= 0.3 is 0 Å². The molecule has 0 aliphatic carbocycles. The fourth-order valence-electron chi connectivity index (χ4n) is 4.14. The minimum Gasteiger partial charge on any atom is -0.338 e. The predicted molar refractivity (Wildman–Crippen MR) is 117 cm³/mol. The van der Waals surface area contributed by atoms with Gasteiger partial charge < -0.3 is 15.5 Å². The monoisotopic (exact) mass is 432 g/mol. The number of anilines is 1. The van der Waals surface area contributed by atoms with E-state index in [1.54, 1.807) is 0 Å². The molecule has 162 valence electrons. The zero-order chi connectivity index (χ0) is 20.2. The minimum absolute atomic E-state index is 0. The largest absolute Gasteiger partial charge is 0.338 e. The van der Waals surface area contributed by atoms with Gasteiger partial charge in [0.2, 0.25) is 5.91 Å². The molecule has 0 saturated carbocycles. The van der Waals surface area contributed by atoms with Gasteiger partial charge in [0.25, 0.3) is 5.91 Å². The highest BCUT2D eigenvalue weighted by atomic mass is 35.5. The Morgan fingerprint density at radius 3 is 2.83 bits per heavy atom. The van der Waals surface area contributed by atoms with Crippen molar-refractivity contribution in [3.63, 3.8) is 0 Å². The first-order valence-corrected chi connectivity index (χ1v) is 10.4. The van der Waals surface area contributed by atoms with E-state index < -0.39 is 0 Å². The third-order valence-corrected chi connectivity index (χ3v) is 5.78. The van der Waals surface area contributed by atoms with Crippen molar-refractivity contribution in [2.24, 2.45) is 0 Å². The molecule has 0 unspecified atom stereocenters. The van der Waals surface area contributed by atoms with Gasteiger partial charge in [0, 0.05) is 25.2 Å². The average molecular weight is 433 g/mol. The highest BCUT2D eigenvalue weighted by Gasteiger charge is 2.23. The number of hydrogen-bond acceptors (Lipinski definition) is 5. The van der Waals surface area contributed by atoms with Gasteiger partial charge in [-0.3, -0.25) is 9.59 Å². The fraction of sp³-hybridized carbons (Fsp3) is 0.524. The second kappa shape index (κ2) is 10.0. The van der Waals surface area contributed by atoms with Crippen LogP contribution in [0, 0.1) is 6.92 Å². The summed E-state index contributed by atoms with van der Waals surface area (Å²) in [7, 11) is 0. The molecular weight excluding hydrogens is 404 g/mol. The number of piperidine rings is 2. The summed E-state index contributed by atoms with van der Waals surface area (Å²) in [5, 5.41) is 14.7. The molecular formula is C21H29ClN6O2. The number of halogens is 1. The number of amides is 2. The van der Waals surface area contributed by atoms with Crippen LogP contribution in [-0.4, -0.2) is 51.3 Å². The summed E-state index contributed by atoms with van der Waals surface area (Å²) in [6.45, 7) is 5.19. The van der Waals surface area contributed by atoms with Crippen molar-refractivity contribution in [3.05, 3.63) is 41.2 Å². The number of hydrogen-bond donors (Lipinski definition) is 2. The summed E-state index contributed by atoms with van der Waals surface area (Å²) >= 11 is 0. The molecule has 0 atom stereocenters. The second-order valence-corrected chi connectivity index (χ2v) is 7.88. The molecule has 9 heteroatoms. The average Bonchev–Trinajstić information content (AvgIpc) is 3.12. The summed E-state index contributed by atoms with van der Waals surface area (Å²) in [5.41, 5.74) is 2.87. The van der Waals surface area contributed by atoms with Crippen LogP contribution in [0.1, 0.15) is 59.9 Å². The Balaban J connectivity index is 0.00000256. The van der Waals surface area contributed by atoms with E-state index in [9.17, 15) is 9.59 Å². The van der Waals surface area contributed by atoms with Crippen molar-refractivity contribution >= 4 is 29.9 Å². The zero-order valence-corrected chi connectivity index (χ0v) is 18.1. The van der Waals surface area contributed by atoms with Gasteiger partial charge in [-0.1, -0.05) is 17.3 Å². The highest BCUT2D eigenvalue weighted by Crippen LogP contribution is 2.21. The van der Waals surface area contributed by atoms with Gasteiger partial charge in [-0.15, -0.1) is 17.5 Å². The summed E-state index contributed by atoms with van der Waals surface area (Å²) in [4.78, 5) is 26.7. The van der Waals surface area contributed by atoms with E-state index in [-0.39, 0.29) is 30.3 Å². The van der Waals surface area contributed by atoms with Crippen LogP contribution in [0.4, 0.5) is 5.69 Å². The molecule has 4 rings (SSSR count). The topological polar surface area (TPSA) is 92.2 Å². The highest BCUT2D eigenvalue weighted by molar-refractivity contribution is 6.03. The van der Waals surface area contributed by atoms with Crippen molar-refractivity contribution in [1.82, 2.24) is 25.2 Å². The maximum Gasteiger partial charge on any atom is 0.278 e. The van der Waals surface area contributed by atoms with Crippen molar-refractivity contribution < 1.29 is 9.59 Å². The zero-order valence-electron chi connectivity index (χ0n) is 17.3. The summed E-state index contributed by atoms with van der Waals surface area (Å²) in [6.07, 6.45) is 4.63. The van der Waals surface area contributed by atoms with Gasteiger partial charge in [-0.2, -0.15) is 0 Å². The van der Waals surface area contributed by atoms with Gasteiger partial charge in [-0.25, -0.2) is 4.68 Å². The van der Waals surface area contributed by atoms with Crippen molar-refractivity contribution in [1.29, 1.82) is 0 Å². The number of nitrogens with zero attached hydrogens (tertiary/aromatic N) is 4. The third kappa shape index (κ3) is 4.99. The van der Waals surface area contributed by atoms with Crippen LogP contribution in [0.2, 0.25) is 0 Å². The summed E-state index contributed by atoms with van der Waals surface area (Å²) in [6, 6.07) is 7.95. The quantitative estimate of drug-likeness (QED) is 0.757. The van der Waals surface area contributed by atoms with Crippen molar-refractivity contribution in [2.45, 2.75) is 51.6 Å². The van der Waals surface area contributed by atoms with Crippen LogP contribution in [-0.2, 0) is 11.3 Å². The Bertz CT molecular complexity index is 893. The Labute approximate surface area is 182 Å². The molecule has 0 radical (unpaired) electrons. The predicted octanol–water partition coefficient (Wildman–Crippen LogP) is 2.70. The first-order valence-electron chi connectivity index (χ1n) is 10.4. The normalized spacial score (nSPS) is 17.5. The van der Waals surface area contributed by atoms with E-state index in [0.717, 1.165) is 56.6 Å². The van der Waals surface area contributed by atoms with E-state index >= 15 is 0 Å². The molecule has 0 bridgehead atoms. The molecule has 2 amide bonds. The maximum atomic E-state index is 12.8. The number of benzene rings is 1. The SMILES string of the molecule is Cc1c(C(=O)Nc2cccc(CN3CCCCC3=O)c2)nnn1C1CCNCC1.Cl. The Morgan fingerprint density at radius 2 is 2.07 bits per heavy atom. The lowest BCUT2D eigenvalue weighted by molar-refractivity contribution is -0.133. The number of nitrogens with one attached hydrogen (secondary N) is 2. The summed E-state index contributed by atoms with van der Waals surface area (Å²) in [5.74, 6) is -0.0512. The van der Waals surface area contributed by atoms with Crippen molar-refractivity contribution in [3.8, 4) is 0 Å². The van der Waals surface area contributed by atoms with E-state index in [1.807, 2.05) is 40.8 Å². The minimum atomic E-state index is -0.256. The molecule has 2 N–H and O–H groups in total. The standard InChI is InChI=1S/C21H28N6O2.ClH/c1-15-20(24-25-27(15)18-8-10-22-11-9-18)21(29)23-17-6-4-5-16(13-17)14-26-12-3-2-7-19(26)28;/h4-6,13,18,22H,2-3,7-12,14H2,1H3,(H,23,29);1H. The number of likely N-dealkylation sites (tertiary alicyclic amines) is 1. The first kappa shape index (κ1) is 22.2. The Morgan fingerprint density at radius 1 is 1.27 bits per heavy atom. The van der Waals surface area contributed by atoms with Crippen molar-refractivity contribution in [2.75, 3.05) is 25.0 Å². The van der Waals surface area contributed by atoms with E-state index in [2.05, 4.69) is 20.9 Å². The first-order chi connectivity index (χ1) is 14.1. The Hall–Kier alpha value is -2.45. The molecule has 1 aromatic carbocycles. The smallest absolute Gasteiger partial charge is 0.278 e. The lowest BCUT2D eigenvalue weighted by Gasteiger charge is -2.26. The number of aromatic nitrogens is 3. The fourth-order valence-corrected chi connectivity index (χ4v) is 4.14. The van der Waals surface area contributed by atoms with Crippen LogP contribution in [0.5, 0.6) is 0 Å². The number of rotatable bonds is 5. The molecule has 3 heterocycles. The number of carbonyl (C=O) groups is 2. The van der Waals surface area contributed by atoms with Crippen LogP contribution in [0.3, 0.4) is 0 Å². The molecule has 8 nitrogen and oxygen atoms in total. The van der Waals surface area contributed by atoms with Crippen LogP contribution in [0.25, 0.3) is 0 Å². The summed E-state index contributed by atoms with van der Waals surface area (Å²) < 4.78 is 1.88. The van der Waals surface area contributed by atoms with E-state index in [0.29, 0.717) is 24.3 Å². The van der Waals surface area contributed by atoms with Crippen LogP contribution >= 0.6 is 12.4 Å². The molecule has 2 saturated heterocycles. The lowest BCUT2D eigenvalue weighted by atomic mass is 10.1. The molecule has 2 aliphatic heterocycles. The van der Waals surface area contributed by atoms with Gasteiger partial charge in [0.15, 0.2) is 5.69 Å². The van der Waals surface area contributed by atoms with Gasteiger partial charge in [0.1, 0.15) is 0 Å². The van der Waals surface area contributed by atoms with Gasteiger partial charge in [0.05, 0.1) is 11.7 Å². The maximum absolute atomic E-state index is 12.8. The van der Waals surface area contributed by atoms with Gasteiger partial charge in [-0.05, 0) is 63.4 Å². The van der Waals surface area contributed by atoms with E-state index in [1.165, 1.54) is 0 Å². The van der Waals surface area contributed by atoms with Crippen LogP contribution < -0.4 is 10.6 Å². The molecule has 2 aliphatic rings. The lowest BCUT2D eigenvalue weighted by Crippen LogP contribution is -2.34. The second-order valence-electron chi connectivity index (χ2n) is 7.88. The van der Waals surface area contributed by atoms with Crippen LogP contribution in [0.15, 0.2) is 24.3 Å². The molecule has 2 fully saturated rings. The third-order valence-electron chi connectivity index (χ3n) is 5.78. The molecule has 2 aromatic rings. The Kier molecular flexibility index (Phi) is 7.44. The molecule has 0 spiro atoms. The number of carbonyl (C=O) groups excluding carboxylic acids is 2.